The number of aromatic nitrogens is 5. The smallest absolute Gasteiger partial charge is 0.255 e. The Morgan fingerprint density at radius 2 is 1.85 bits per heavy atom. The predicted molar refractivity (Wildman–Crippen MR) is 123 cm³/mol. The van der Waals surface area contributed by atoms with Crippen LogP contribution >= 0.6 is 0 Å². The molecule has 0 aliphatic heterocycles. The number of anilines is 1. The molecule has 0 spiro atoms. The number of para-hydroxylation sites is 1. The number of hydrogen-bond donors (Lipinski definition) is 1. The molecule has 0 atom stereocenters. The van der Waals surface area contributed by atoms with Crippen LogP contribution in [0.15, 0.2) is 96.3 Å². The van der Waals surface area contributed by atoms with Gasteiger partial charge in [0.2, 0.25) is 11.7 Å². The Bertz CT molecular complexity index is 1350. The number of benzene rings is 2. The van der Waals surface area contributed by atoms with Crippen molar-refractivity contribution in [3.63, 3.8) is 0 Å². The fourth-order valence-electron chi connectivity index (χ4n) is 3.45. The maximum absolute atomic E-state index is 12.9. The summed E-state index contributed by atoms with van der Waals surface area (Å²) in [7, 11) is 0. The number of nitrogens with one attached hydrogen (secondary N) is 1. The van der Waals surface area contributed by atoms with Crippen LogP contribution in [0, 0.1) is 0 Å². The van der Waals surface area contributed by atoms with Gasteiger partial charge in [-0.25, -0.2) is 4.98 Å². The first-order valence-electron chi connectivity index (χ1n) is 10.4. The Balaban J connectivity index is 1.28. The van der Waals surface area contributed by atoms with Gasteiger partial charge >= 0.3 is 0 Å². The maximum atomic E-state index is 12.9. The molecule has 33 heavy (non-hydrogen) atoms. The molecule has 0 saturated carbocycles. The van der Waals surface area contributed by atoms with Crippen molar-refractivity contribution in [2.45, 2.75) is 13.0 Å². The quantitative estimate of drug-likeness (QED) is 0.410. The Kier molecular flexibility index (Phi) is 5.71. The lowest BCUT2D eigenvalue weighted by Gasteiger charge is -2.10. The van der Waals surface area contributed by atoms with Gasteiger partial charge < -0.3 is 14.4 Å². The van der Waals surface area contributed by atoms with Gasteiger partial charge in [0.25, 0.3) is 5.91 Å². The summed E-state index contributed by atoms with van der Waals surface area (Å²) in [4.78, 5) is 25.4. The first-order chi connectivity index (χ1) is 16.2. The average Bonchev–Trinajstić information content (AvgIpc) is 3.54. The summed E-state index contributed by atoms with van der Waals surface area (Å²) >= 11 is 0. The minimum absolute atomic E-state index is 0.182. The van der Waals surface area contributed by atoms with E-state index in [1.165, 1.54) is 0 Å². The fourth-order valence-corrected chi connectivity index (χ4v) is 3.45. The van der Waals surface area contributed by atoms with Gasteiger partial charge in [0, 0.05) is 48.1 Å². The molecule has 1 N–H and O–H groups in total. The van der Waals surface area contributed by atoms with E-state index in [2.05, 4.69) is 25.4 Å². The Morgan fingerprint density at radius 1 is 0.970 bits per heavy atom. The first kappa shape index (κ1) is 20.3. The Morgan fingerprint density at radius 3 is 2.64 bits per heavy atom. The molecule has 3 aromatic heterocycles. The number of hydrogen-bond acceptors (Lipinski definition) is 6. The number of carbonyl (C=O) groups excluding carboxylic acids is 1. The van der Waals surface area contributed by atoms with Crippen molar-refractivity contribution in [1.82, 2.24) is 24.7 Å². The molecule has 2 aromatic carbocycles. The molecule has 5 aromatic rings. The van der Waals surface area contributed by atoms with E-state index in [-0.39, 0.29) is 5.91 Å². The Hall–Kier alpha value is -4.59. The van der Waals surface area contributed by atoms with E-state index < -0.39 is 0 Å². The van der Waals surface area contributed by atoms with E-state index in [0.29, 0.717) is 35.9 Å². The summed E-state index contributed by atoms with van der Waals surface area (Å²) in [6, 6.07) is 18.8. The number of pyridine rings is 1. The third kappa shape index (κ3) is 4.85. The molecule has 3 heterocycles. The van der Waals surface area contributed by atoms with Gasteiger partial charge in [-0.1, -0.05) is 35.5 Å². The van der Waals surface area contributed by atoms with Crippen LogP contribution in [0.25, 0.3) is 11.4 Å². The zero-order chi connectivity index (χ0) is 22.5. The summed E-state index contributed by atoms with van der Waals surface area (Å²) in [5.41, 5.74) is 4.03. The van der Waals surface area contributed by atoms with E-state index in [1.54, 1.807) is 24.9 Å². The summed E-state index contributed by atoms with van der Waals surface area (Å²) in [6.45, 7) is 0.704. The summed E-state index contributed by atoms with van der Waals surface area (Å²) in [6.07, 6.45) is 9.18. The van der Waals surface area contributed by atoms with E-state index >= 15 is 0 Å². The standard InChI is InChI=1S/C25H20N6O2/c32-25(19-9-7-18(8-10-19)16-31-13-12-27-17-31)28-22-6-2-1-4-20(22)14-23-29-24(30-33-23)21-5-3-11-26-15-21/h1-13,15,17H,14,16H2,(H,28,32). The molecule has 0 aliphatic carbocycles. The summed E-state index contributed by atoms with van der Waals surface area (Å²) in [5, 5.41) is 7.03. The lowest BCUT2D eigenvalue weighted by atomic mass is 10.1. The molecule has 0 bridgehead atoms. The van der Waals surface area contributed by atoms with Gasteiger partial charge in [-0.15, -0.1) is 0 Å². The molecule has 0 fully saturated rings. The minimum Gasteiger partial charge on any atom is -0.339 e. The first-order valence-corrected chi connectivity index (χ1v) is 10.4. The number of nitrogens with zero attached hydrogens (tertiary/aromatic N) is 5. The third-order valence-corrected chi connectivity index (χ3v) is 5.14. The van der Waals surface area contributed by atoms with Crippen LogP contribution in [-0.2, 0) is 13.0 Å². The normalized spacial score (nSPS) is 10.8. The molecule has 0 aliphatic rings. The van der Waals surface area contributed by atoms with Crippen molar-refractivity contribution in [2.75, 3.05) is 5.32 Å². The highest BCUT2D eigenvalue weighted by Crippen LogP contribution is 2.21. The average molecular weight is 436 g/mol. The zero-order valence-corrected chi connectivity index (χ0v) is 17.6. The molecule has 5 rings (SSSR count). The highest BCUT2D eigenvalue weighted by molar-refractivity contribution is 6.04. The minimum atomic E-state index is -0.182. The van der Waals surface area contributed by atoms with E-state index in [9.17, 15) is 4.79 Å². The third-order valence-electron chi connectivity index (χ3n) is 5.14. The van der Waals surface area contributed by atoms with E-state index in [0.717, 1.165) is 16.7 Å². The number of imidazole rings is 1. The monoisotopic (exact) mass is 436 g/mol. The largest absolute Gasteiger partial charge is 0.339 e. The van der Waals surface area contributed by atoms with Crippen LogP contribution in [0.2, 0.25) is 0 Å². The number of rotatable bonds is 7. The van der Waals surface area contributed by atoms with Crippen LogP contribution in [0.5, 0.6) is 0 Å². The topological polar surface area (TPSA) is 98.7 Å². The van der Waals surface area contributed by atoms with Crippen molar-refractivity contribution in [3.8, 4) is 11.4 Å². The molecule has 0 unspecified atom stereocenters. The highest BCUT2D eigenvalue weighted by Gasteiger charge is 2.14. The maximum Gasteiger partial charge on any atom is 0.255 e. The Labute approximate surface area is 190 Å². The van der Waals surface area contributed by atoms with Crippen molar-refractivity contribution in [3.05, 3.63) is 114 Å². The molecule has 8 heteroatoms. The number of carbonyl (C=O) groups is 1. The zero-order valence-electron chi connectivity index (χ0n) is 17.6. The predicted octanol–water partition coefficient (Wildman–Crippen LogP) is 4.22. The van der Waals surface area contributed by atoms with Crippen molar-refractivity contribution >= 4 is 11.6 Å². The van der Waals surface area contributed by atoms with Gasteiger partial charge in [0.15, 0.2) is 0 Å². The van der Waals surface area contributed by atoms with Gasteiger partial charge in [-0.3, -0.25) is 9.78 Å². The summed E-state index contributed by atoms with van der Waals surface area (Å²) < 4.78 is 7.39. The molecule has 0 saturated heterocycles. The second kappa shape index (κ2) is 9.27. The van der Waals surface area contributed by atoms with Crippen molar-refractivity contribution in [2.24, 2.45) is 0 Å². The van der Waals surface area contributed by atoms with Crippen LogP contribution in [-0.4, -0.2) is 30.6 Å². The van der Waals surface area contributed by atoms with Crippen LogP contribution in [0.3, 0.4) is 0 Å². The molecule has 8 nitrogen and oxygen atoms in total. The van der Waals surface area contributed by atoms with Crippen molar-refractivity contribution in [1.29, 1.82) is 0 Å². The van der Waals surface area contributed by atoms with Gasteiger partial charge in [0.1, 0.15) is 0 Å². The second-order valence-corrected chi connectivity index (χ2v) is 7.47. The second-order valence-electron chi connectivity index (χ2n) is 7.47. The van der Waals surface area contributed by atoms with Gasteiger partial charge in [0.05, 0.1) is 12.7 Å². The lowest BCUT2D eigenvalue weighted by Crippen LogP contribution is -2.13. The number of amides is 1. The molecule has 1 amide bonds. The van der Waals surface area contributed by atoms with Gasteiger partial charge in [-0.05, 0) is 41.5 Å². The van der Waals surface area contributed by atoms with E-state index in [4.69, 9.17) is 4.52 Å². The molecule has 0 radical (unpaired) electrons. The fraction of sp³-hybridized carbons (Fsp3) is 0.0800. The van der Waals surface area contributed by atoms with Gasteiger partial charge in [-0.2, -0.15) is 4.98 Å². The molecule has 162 valence electrons. The summed E-state index contributed by atoms with van der Waals surface area (Å²) in [5.74, 6) is 0.757. The van der Waals surface area contributed by atoms with E-state index in [1.807, 2.05) is 71.4 Å². The van der Waals surface area contributed by atoms with Crippen LogP contribution in [0.1, 0.15) is 27.4 Å². The van der Waals surface area contributed by atoms with Crippen molar-refractivity contribution < 1.29 is 9.32 Å². The highest BCUT2D eigenvalue weighted by atomic mass is 16.5. The lowest BCUT2D eigenvalue weighted by molar-refractivity contribution is 0.102. The van der Waals surface area contributed by atoms with Crippen LogP contribution in [0.4, 0.5) is 5.69 Å². The molecular weight excluding hydrogens is 416 g/mol. The SMILES string of the molecule is O=C(Nc1ccccc1Cc1nc(-c2cccnc2)no1)c1ccc(Cn2ccnc2)cc1. The van der Waals surface area contributed by atoms with Crippen LogP contribution < -0.4 is 5.32 Å². The molecular formula is C25H20N6O2.